The molecule has 40 heavy (non-hydrogen) atoms. The molecule has 0 amide bonds. The Morgan fingerprint density at radius 3 is 2.67 bits per heavy atom. The number of ether oxygens (including phenoxy) is 1. The van der Waals surface area contributed by atoms with Gasteiger partial charge in [0.2, 0.25) is 0 Å². The molecule has 1 aliphatic rings. The molecule has 4 aromatic heterocycles. The highest BCUT2D eigenvalue weighted by Gasteiger charge is 2.36. The van der Waals surface area contributed by atoms with Gasteiger partial charge in [-0.05, 0) is 59.4 Å². The lowest BCUT2D eigenvalue weighted by Crippen LogP contribution is -2.09. The number of rotatable bonds is 9. The molecule has 0 saturated heterocycles. The van der Waals surface area contributed by atoms with Crippen molar-refractivity contribution in [1.82, 2.24) is 44.6 Å². The van der Waals surface area contributed by atoms with E-state index < -0.39 is 23.3 Å². The molecule has 206 valence electrons. The Labute approximate surface area is 223 Å². The zero-order valence-corrected chi connectivity index (χ0v) is 21.0. The monoisotopic (exact) mass is 555 g/mol. The first-order valence-electron chi connectivity index (χ1n) is 12.3. The van der Waals surface area contributed by atoms with Gasteiger partial charge in [0.05, 0.1) is 36.8 Å². The van der Waals surface area contributed by atoms with Gasteiger partial charge in [-0.3, -0.25) is 4.79 Å². The molecule has 1 fully saturated rings. The molecule has 0 atom stereocenters. The zero-order chi connectivity index (χ0) is 28.0. The summed E-state index contributed by atoms with van der Waals surface area (Å²) in [5, 5.41) is 18.8. The van der Waals surface area contributed by atoms with Crippen LogP contribution in [0.5, 0.6) is 5.75 Å². The van der Waals surface area contributed by atoms with Gasteiger partial charge in [-0.1, -0.05) is 5.21 Å². The molecule has 1 aromatic carbocycles. The number of alkyl halides is 3. The Kier molecular flexibility index (Phi) is 6.27. The van der Waals surface area contributed by atoms with Gasteiger partial charge in [0.1, 0.15) is 17.7 Å². The SMILES string of the molecule is COc1ccc(-n2cnnn2)c(CCC(=O)c2cn(Cc3cn4cc(C5CC5)cc(C(F)(F)F)c4n3)nn2)c1F. The first-order valence-corrected chi connectivity index (χ1v) is 12.3. The number of halogens is 4. The van der Waals surface area contributed by atoms with Crippen LogP contribution in [0.15, 0.2) is 43.1 Å². The number of Topliss-reactive ketones (excluding diaryl/α,β-unsaturated/α-hetero) is 1. The number of ketones is 1. The third kappa shape index (κ3) is 4.89. The fraction of sp³-hybridized carbons (Fsp3) is 0.320. The molecule has 5 aromatic rings. The van der Waals surface area contributed by atoms with Gasteiger partial charge in [0, 0.05) is 24.4 Å². The van der Waals surface area contributed by atoms with E-state index in [4.69, 9.17) is 4.74 Å². The number of aromatic nitrogens is 9. The van der Waals surface area contributed by atoms with Crippen molar-refractivity contribution < 1.29 is 27.1 Å². The van der Waals surface area contributed by atoms with Crippen molar-refractivity contribution in [2.24, 2.45) is 0 Å². The number of imidazole rings is 1. The van der Waals surface area contributed by atoms with Crippen LogP contribution < -0.4 is 4.74 Å². The van der Waals surface area contributed by atoms with Gasteiger partial charge >= 0.3 is 6.18 Å². The summed E-state index contributed by atoms with van der Waals surface area (Å²) in [6.07, 6.45) is 2.97. The lowest BCUT2D eigenvalue weighted by Gasteiger charge is -2.12. The number of benzene rings is 1. The smallest absolute Gasteiger partial charge is 0.419 e. The van der Waals surface area contributed by atoms with Crippen molar-refractivity contribution in [3.8, 4) is 11.4 Å². The Morgan fingerprint density at radius 2 is 1.98 bits per heavy atom. The summed E-state index contributed by atoms with van der Waals surface area (Å²) in [4.78, 5) is 17.1. The molecule has 0 aliphatic heterocycles. The molecule has 0 N–H and O–H groups in total. The predicted molar refractivity (Wildman–Crippen MR) is 130 cm³/mol. The summed E-state index contributed by atoms with van der Waals surface area (Å²) in [5.41, 5.74) is 0.547. The molecular formula is C25H21F4N9O2. The van der Waals surface area contributed by atoms with Crippen molar-refractivity contribution in [1.29, 1.82) is 0 Å². The van der Waals surface area contributed by atoms with E-state index in [-0.39, 0.29) is 48.0 Å². The normalized spacial score (nSPS) is 13.7. The van der Waals surface area contributed by atoms with Crippen LogP contribution in [0.25, 0.3) is 11.3 Å². The number of tetrazole rings is 1. The van der Waals surface area contributed by atoms with E-state index in [9.17, 15) is 18.0 Å². The van der Waals surface area contributed by atoms with E-state index in [0.717, 1.165) is 12.8 Å². The van der Waals surface area contributed by atoms with E-state index in [1.807, 2.05) is 0 Å². The average molecular weight is 555 g/mol. The zero-order valence-electron chi connectivity index (χ0n) is 21.0. The molecule has 0 bridgehead atoms. The van der Waals surface area contributed by atoms with Gasteiger partial charge in [-0.2, -0.15) is 13.2 Å². The maximum Gasteiger partial charge on any atom is 0.419 e. The highest BCUT2D eigenvalue weighted by molar-refractivity contribution is 5.94. The van der Waals surface area contributed by atoms with Crippen LogP contribution >= 0.6 is 0 Å². The Hall–Kier alpha value is -4.69. The standard InChI is InChI=1S/C25H21F4N9O2/c1-40-22-7-5-20(38-13-30-33-35-38)17(23(22)26)4-6-21(39)19-12-37(34-32-19)11-16-10-36-9-15(14-2-3-14)8-18(24(36)31-16)25(27,28)29/h5,7-10,12-14H,2-4,6,11H2,1H3. The molecule has 1 aliphatic carbocycles. The Balaban J connectivity index is 1.20. The van der Waals surface area contributed by atoms with Gasteiger partial charge in [0.15, 0.2) is 17.3 Å². The van der Waals surface area contributed by atoms with Gasteiger partial charge in [-0.25, -0.2) is 18.7 Å². The lowest BCUT2D eigenvalue weighted by molar-refractivity contribution is -0.136. The van der Waals surface area contributed by atoms with Crippen molar-refractivity contribution in [3.05, 3.63) is 77.0 Å². The second-order valence-electron chi connectivity index (χ2n) is 9.48. The summed E-state index contributed by atoms with van der Waals surface area (Å²) < 4.78 is 65.3. The van der Waals surface area contributed by atoms with E-state index in [2.05, 4.69) is 30.8 Å². The molecule has 1 saturated carbocycles. The van der Waals surface area contributed by atoms with Crippen molar-refractivity contribution in [2.45, 2.75) is 44.3 Å². The summed E-state index contributed by atoms with van der Waals surface area (Å²) in [6, 6.07) is 4.19. The molecule has 0 radical (unpaired) electrons. The first kappa shape index (κ1) is 25.6. The van der Waals surface area contributed by atoms with Crippen LogP contribution in [-0.4, -0.2) is 57.5 Å². The van der Waals surface area contributed by atoms with Crippen LogP contribution in [0, 0.1) is 5.82 Å². The Morgan fingerprint density at radius 1 is 1.15 bits per heavy atom. The third-order valence-corrected chi connectivity index (χ3v) is 6.73. The van der Waals surface area contributed by atoms with Crippen LogP contribution in [-0.2, 0) is 19.1 Å². The first-order chi connectivity index (χ1) is 19.2. The summed E-state index contributed by atoms with van der Waals surface area (Å²) >= 11 is 0. The van der Waals surface area contributed by atoms with Gasteiger partial charge in [0.25, 0.3) is 0 Å². The fourth-order valence-electron chi connectivity index (χ4n) is 4.60. The van der Waals surface area contributed by atoms with Crippen LogP contribution in [0.2, 0.25) is 0 Å². The molecule has 4 heterocycles. The highest BCUT2D eigenvalue weighted by Crippen LogP contribution is 2.43. The average Bonchev–Trinajstić information content (AvgIpc) is 3.28. The van der Waals surface area contributed by atoms with Crippen molar-refractivity contribution in [3.63, 3.8) is 0 Å². The number of methoxy groups -OCH3 is 1. The quantitative estimate of drug-likeness (QED) is 0.199. The fourth-order valence-corrected chi connectivity index (χ4v) is 4.60. The van der Waals surface area contributed by atoms with Gasteiger partial charge < -0.3 is 9.14 Å². The van der Waals surface area contributed by atoms with E-state index >= 15 is 4.39 Å². The molecule has 15 heteroatoms. The summed E-state index contributed by atoms with van der Waals surface area (Å²) in [7, 11) is 1.33. The lowest BCUT2D eigenvalue weighted by atomic mass is 10.0. The number of carbonyl (C=O) groups excluding carboxylic acids is 1. The van der Waals surface area contributed by atoms with Crippen LogP contribution in [0.1, 0.15) is 58.1 Å². The second kappa shape index (κ2) is 9.81. The molecule has 0 spiro atoms. The minimum Gasteiger partial charge on any atom is -0.494 e. The maximum atomic E-state index is 15.1. The minimum absolute atomic E-state index is 0.0000971. The van der Waals surface area contributed by atoms with Crippen molar-refractivity contribution in [2.75, 3.05) is 7.11 Å². The van der Waals surface area contributed by atoms with Crippen molar-refractivity contribution >= 4 is 11.4 Å². The number of hydrogen-bond donors (Lipinski definition) is 0. The number of hydrogen-bond acceptors (Lipinski definition) is 8. The maximum absolute atomic E-state index is 15.1. The number of pyridine rings is 1. The van der Waals surface area contributed by atoms with E-state index in [1.54, 1.807) is 12.3 Å². The number of fused-ring (bicyclic) bond motifs is 1. The molecule has 0 unspecified atom stereocenters. The number of nitrogens with zero attached hydrogens (tertiary/aromatic N) is 9. The largest absolute Gasteiger partial charge is 0.494 e. The third-order valence-electron chi connectivity index (χ3n) is 6.73. The van der Waals surface area contributed by atoms with E-state index in [1.165, 1.54) is 51.7 Å². The highest BCUT2D eigenvalue weighted by atomic mass is 19.4. The number of carbonyl (C=O) groups is 1. The van der Waals surface area contributed by atoms with Crippen LogP contribution in [0.3, 0.4) is 0 Å². The predicted octanol–water partition coefficient (Wildman–Crippen LogP) is 3.81. The van der Waals surface area contributed by atoms with Crippen LogP contribution in [0.4, 0.5) is 17.6 Å². The van der Waals surface area contributed by atoms with Gasteiger partial charge in [-0.15, -0.1) is 10.2 Å². The topological polar surface area (TPSA) is 118 Å². The molecule has 6 rings (SSSR count). The Bertz CT molecular complexity index is 1710. The molecular weight excluding hydrogens is 534 g/mol. The minimum atomic E-state index is -4.55. The second-order valence-corrected chi connectivity index (χ2v) is 9.48. The summed E-state index contributed by atoms with van der Waals surface area (Å²) in [5.74, 6) is -0.897. The summed E-state index contributed by atoms with van der Waals surface area (Å²) in [6.45, 7) is 0.00593. The molecule has 11 nitrogen and oxygen atoms in total. The van der Waals surface area contributed by atoms with E-state index in [0.29, 0.717) is 16.9 Å².